The number of aromatic nitrogens is 1. The Morgan fingerprint density at radius 3 is 2.65 bits per heavy atom. The maximum atomic E-state index is 9.92. The van der Waals surface area contributed by atoms with E-state index >= 15 is 0 Å². The lowest BCUT2D eigenvalue weighted by atomic mass is 10.1. The highest BCUT2D eigenvalue weighted by Crippen LogP contribution is 2.32. The Hall–Kier alpha value is -0.810. The Balaban J connectivity index is 2.11. The number of phenols is 1. The zero-order valence-corrected chi connectivity index (χ0v) is 13.8. The Bertz CT molecular complexity index is 628. The lowest BCUT2D eigenvalue weighted by Gasteiger charge is -2.14. The van der Waals surface area contributed by atoms with E-state index in [4.69, 9.17) is 23.2 Å². The number of benzene rings is 1. The van der Waals surface area contributed by atoms with Crippen molar-refractivity contribution in [1.82, 2.24) is 10.3 Å². The molecule has 2 rings (SSSR count). The third-order valence-electron chi connectivity index (χ3n) is 3.04. The summed E-state index contributed by atoms with van der Waals surface area (Å²) in [6, 6.07) is 3.40. The van der Waals surface area contributed by atoms with E-state index in [0.717, 1.165) is 10.7 Å². The fourth-order valence-electron chi connectivity index (χ4n) is 2.06. The smallest absolute Gasteiger partial charge is 0.138 e. The van der Waals surface area contributed by atoms with Crippen molar-refractivity contribution in [3.8, 4) is 5.75 Å². The van der Waals surface area contributed by atoms with Gasteiger partial charge >= 0.3 is 0 Å². The summed E-state index contributed by atoms with van der Waals surface area (Å²) in [6.45, 7) is 6.56. The molecule has 0 amide bonds. The average molecular weight is 331 g/mol. The van der Waals surface area contributed by atoms with Crippen LogP contribution in [0.15, 0.2) is 12.1 Å². The Kier molecular flexibility index (Phi) is 4.91. The molecule has 0 bridgehead atoms. The van der Waals surface area contributed by atoms with Crippen LogP contribution in [0.1, 0.15) is 34.1 Å². The van der Waals surface area contributed by atoms with E-state index in [1.165, 1.54) is 10.9 Å². The Morgan fingerprint density at radius 2 is 2.05 bits per heavy atom. The Labute approximate surface area is 132 Å². The minimum Gasteiger partial charge on any atom is -0.506 e. The van der Waals surface area contributed by atoms with Crippen LogP contribution in [0.5, 0.6) is 5.75 Å². The second-order valence-corrected chi connectivity index (χ2v) is 6.76. The summed E-state index contributed by atoms with van der Waals surface area (Å²) >= 11 is 13.5. The first kappa shape index (κ1) is 15.6. The molecule has 3 nitrogen and oxygen atoms in total. The highest BCUT2D eigenvalue weighted by molar-refractivity contribution is 7.11. The second-order valence-electron chi connectivity index (χ2n) is 4.68. The number of aromatic hydroxyl groups is 1. The molecule has 0 spiro atoms. The standard InChI is InChI=1S/C14H16Cl2N2OS/c1-7(14-8(2)18-9(3)20-14)17-6-10-4-11(15)5-12(16)13(10)19/h4-5,7,17,19H,6H2,1-3H3. The summed E-state index contributed by atoms with van der Waals surface area (Å²) in [5, 5.41) is 15.1. The molecule has 0 aliphatic heterocycles. The third kappa shape index (κ3) is 3.44. The van der Waals surface area contributed by atoms with Gasteiger partial charge in [-0.3, -0.25) is 0 Å². The van der Waals surface area contributed by atoms with E-state index < -0.39 is 0 Å². The zero-order chi connectivity index (χ0) is 14.9. The maximum Gasteiger partial charge on any atom is 0.138 e. The van der Waals surface area contributed by atoms with Crippen molar-refractivity contribution in [2.45, 2.75) is 33.4 Å². The van der Waals surface area contributed by atoms with Crippen LogP contribution in [0.3, 0.4) is 0 Å². The monoisotopic (exact) mass is 330 g/mol. The molecule has 0 fully saturated rings. The molecule has 6 heteroatoms. The van der Waals surface area contributed by atoms with Crippen LogP contribution in [0, 0.1) is 13.8 Å². The molecule has 0 aliphatic rings. The highest BCUT2D eigenvalue weighted by Gasteiger charge is 2.14. The summed E-state index contributed by atoms with van der Waals surface area (Å²) in [5.74, 6) is 0.0768. The van der Waals surface area contributed by atoms with Crippen molar-refractivity contribution in [3.05, 3.63) is 43.3 Å². The fourth-order valence-corrected chi connectivity index (χ4v) is 3.55. The molecule has 2 aromatic rings. The lowest BCUT2D eigenvalue weighted by molar-refractivity contribution is 0.461. The molecule has 0 aliphatic carbocycles. The van der Waals surface area contributed by atoms with Gasteiger partial charge in [-0.25, -0.2) is 4.98 Å². The van der Waals surface area contributed by atoms with Gasteiger partial charge in [-0.15, -0.1) is 11.3 Å². The number of nitrogens with zero attached hydrogens (tertiary/aromatic N) is 1. The zero-order valence-electron chi connectivity index (χ0n) is 11.5. The summed E-state index contributed by atoms with van der Waals surface area (Å²) in [5.41, 5.74) is 1.73. The van der Waals surface area contributed by atoms with Gasteiger partial charge in [-0.2, -0.15) is 0 Å². The van der Waals surface area contributed by atoms with Gasteiger partial charge in [0.1, 0.15) is 5.75 Å². The highest BCUT2D eigenvalue weighted by atomic mass is 35.5. The summed E-state index contributed by atoms with van der Waals surface area (Å²) in [6.07, 6.45) is 0. The summed E-state index contributed by atoms with van der Waals surface area (Å²) < 4.78 is 0. The molecule has 20 heavy (non-hydrogen) atoms. The molecule has 0 saturated heterocycles. The van der Waals surface area contributed by atoms with Crippen LogP contribution in [-0.2, 0) is 6.54 Å². The molecule has 1 unspecified atom stereocenters. The number of thiazole rings is 1. The van der Waals surface area contributed by atoms with Crippen LogP contribution in [0.4, 0.5) is 0 Å². The average Bonchev–Trinajstić information content (AvgIpc) is 2.71. The number of hydrogen-bond acceptors (Lipinski definition) is 4. The molecular formula is C14H16Cl2N2OS. The molecular weight excluding hydrogens is 315 g/mol. The van der Waals surface area contributed by atoms with Gasteiger partial charge in [0.05, 0.1) is 15.7 Å². The molecule has 1 atom stereocenters. The first-order valence-electron chi connectivity index (χ1n) is 6.22. The quantitative estimate of drug-likeness (QED) is 0.859. The first-order valence-corrected chi connectivity index (χ1v) is 7.80. The molecule has 1 aromatic carbocycles. The maximum absolute atomic E-state index is 9.92. The molecule has 0 saturated carbocycles. The van der Waals surface area contributed by atoms with Crippen molar-refractivity contribution in [2.75, 3.05) is 0 Å². The van der Waals surface area contributed by atoms with E-state index in [1.54, 1.807) is 17.4 Å². The van der Waals surface area contributed by atoms with Crippen molar-refractivity contribution < 1.29 is 5.11 Å². The number of aryl methyl sites for hydroxylation is 2. The number of nitrogens with one attached hydrogen (secondary N) is 1. The van der Waals surface area contributed by atoms with E-state index in [2.05, 4.69) is 17.2 Å². The van der Waals surface area contributed by atoms with Crippen LogP contribution in [0.2, 0.25) is 10.0 Å². The first-order chi connectivity index (χ1) is 9.38. The predicted molar refractivity (Wildman–Crippen MR) is 85.0 cm³/mol. The Morgan fingerprint density at radius 1 is 1.35 bits per heavy atom. The molecule has 1 aromatic heterocycles. The normalized spacial score (nSPS) is 12.7. The topological polar surface area (TPSA) is 45.2 Å². The van der Waals surface area contributed by atoms with Crippen molar-refractivity contribution in [1.29, 1.82) is 0 Å². The lowest BCUT2D eigenvalue weighted by Crippen LogP contribution is -2.18. The number of phenolic OH excluding ortho intramolecular Hbond substituents is 1. The molecule has 1 heterocycles. The minimum absolute atomic E-state index is 0.0768. The van der Waals surface area contributed by atoms with Crippen molar-refractivity contribution >= 4 is 34.5 Å². The van der Waals surface area contributed by atoms with Gasteiger partial charge in [-0.05, 0) is 32.9 Å². The fraction of sp³-hybridized carbons (Fsp3) is 0.357. The number of hydrogen-bond donors (Lipinski definition) is 2. The van der Waals surface area contributed by atoms with Gasteiger partial charge < -0.3 is 10.4 Å². The third-order valence-corrected chi connectivity index (χ3v) is 4.80. The van der Waals surface area contributed by atoms with Crippen LogP contribution in [-0.4, -0.2) is 10.1 Å². The van der Waals surface area contributed by atoms with E-state index in [-0.39, 0.29) is 16.8 Å². The number of rotatable bonds is 4. The predicted octanol–water partition coefficient (Wildman–Crippen LogP) is 4.62. The summed E-state index contributed by atoms with van der Waals surface area (Å²) in [7, 11) is 0. The van der Waals surface area contributed by atoms with Crippen molar-refractivity contribution in [3.63, 3.8) is 0 Å². The largest absolute Gasteiger partial charge is 0.506 e. The van der Waals surface area contributed by atoms with Gasteiger partial charge in [0.15, 0.2) is 0 Å². The molecule has 0 radical (unpaired) electrons. The molecule has 108 valence electrons. The van der Waals surface area contributed by atoms with Gasteiger partial charge in [0.2, 0.25) is 0 Å². The second kappa shape index (κ2) is 6.31. The van der Waals surface area contributed by atoms with E-state index in [9.17, 15) is 5.11 Å². The molecule has 2 N–H and O–H groups in total. The van der Waals surface area contributed by atoms with Crippen LogP contribution >= 0.6 is 34.5 Å². The van der Waals surface area contributed by atoms with Crippen molar-refractivity contribution in [2.24, 2.45) is 0 Å². The van der Waals surface area contributed by atoms with Gasteiger partial charge in [0, 0.05) is 28.0 Å². The van der Waals surface area contributed by atoms with E-state index in [1.807, 2.05) is 13.8 Å². The van der Waals surface area contributed by atoms with Gasteiger partial charge in [0.25, 0.3) is 0 Å². The summed E-state index contributed by atoms with van der Waals surface area (Å²) in [4.78, 5) is 5.62. The SMILES string of the molecule is Cc1nc(C)c(C(C)NCc2cc(Cl)cc(Cl)c2O)s1. The van der Waals surface area contributed by atoms with Gasteiger partial charge in [-0.1, -0.05) is 23.2 Å². The van der Waals surface area contributed by atoms with Crippen LogP contribution < -0.4 is 5.32 Å². The van der Waals surface area contributed by atoms with E-state index in [0.29, 0.717) is 17.1 Å². The number of halogens is 2. The minimum atomic E-state index is 0.0768. The van der Waals surface area contributed by atoms with Crippen LogP contribution in [0.25, 0.3) is 0 Å².